The Balaban J connectivity index is 1.32. The quantitative estimate of drug-likeness (QED) is 0.702. The Morgan fingerprint density at radius 2 is 1.64 bits per heavy atom. The highest BCUT2D eigenvalue weighted by molar-refractivity contribution is 8.00. The number of amides is 2. The second-order valence-electron chi connectivity index (χ2n) is 6.55. The molecule has 2 amide bonds. The Kier molecular flexibility index (Phi) is 7.62. The molecule has 1 fully saturated rings. The van der Waals surface area contributed by atoms with Gasteiger partial charge in [0.05, 0.1) is 5.75 Å². The Morgan fingerprint density at radius 1 is 0.964 bits per heavy atom. The van der Waals surface area contributed by atoms with E-state index in [0.717, 1.165) is 18.0 Å². The van der Waals surface area contributed by atoms with Gasteiger partial charge in [0.2, 0.25) is 11.8 Å². The fourth-order valence-electron chi connectivity index (χ4n) is 3.05. The summed E-state index contributed by atoms with van der Waals surface area (Å²) in [6.07, 6.45) is 0.336. The molecule has 3 rings (SSSR count). The Morgan fingerprint density at radius 3 is 2.32 bits per heavy atom. The first-order chi connectivity index (χ1) is 13.6. The van der Waals surface area contributed by atoms with Crippen LogP contribution < -0.4 is 10.2 Å². The van der Waals surface area contributed by atoms with E-state index in [1.165, 1.54) is 17.4 Å². The molecule has 2 aromatic carbocycles. The predicted molar refractivity (Wildman–Crippen MR) is 115 cm³/mol. The average Bonchev–Trinajstić information content (AvgIpc) is 2.74. The lowest BCUT2D eigenvalue weighted by atomic mass is 10.2. The van der Waals surface area contributed by atoms with Crippen LogP contribution >= 0.6 is 23.4 Å². The normalized spacial score (nSPS) is 14.0. The molecular weight excluding hydrogens is 394 g/mol. The van der Waals surface area contributed by atoms with E-state index in [1.807, 2.05) is 35.2 Å². The SMILES string of the molecule is O=C(CSc1ccc(Cl)cc1)NCCC(=O)N1CCN(c2ccccc2)CC1. The van der Waals surface area contributed by atoms with E-state index >= 15 is 0 Å². The number of carbonyl (C=O) groups is 2. The first-order valence-corrected chi connectivity index (χ1v) is 10.7. The highest BCUT2D eigenvalue weighted by Crippen LogP contribution is 2.20. The molecule has 1 aliphatic rings. The molecule has 1 heterocycles. The molecule has 0 unspecified atom stereocenters. The van der Waals surface area contributed by atoms with Crippen molar-refractivity contribution in [3.8, 4) is 0 Å². The van der Waals surface area contributed by atoms with Gasteiger partial charge >= 0.3 is 0 Å². The molecule has 28 heavy (non-hydrogen) atoms. The third-order valence-electron chi connectivity index (χ3n) is 4.60. The van der Waals surface area contributed by atoms with Gasteiger partial charge in [0.15, 0.2) is 0 Å². The monoisotopic (exact) mass is 417 g/mol. The second kappa shape index (κ2) is 10.4. The standard InChI is InChI=1S/C21H24ClN3O2S/c22-17-6-8-19(9-7-17)28-16-20(26)23-11-10-21(27)25-14-12-24(13-15-25)18-4-2-1-3-5-18/h1-9H,10-16H2,(H,23,26). The van der Waals surface area contributed by atoms with Gasteiger partial charge in [0.1, 0.15) is 0 Å². The molecule has 0 aliphatic carbocycles. The minimum absolute atomic E-state index is 0.0679. The van der Waals surface area contributed by atoms with Gasteiger partial charge in [-0.25, -0.2) is 0 Å². The van der Waals surface area contributed by atoms with Crippen molar-refractivity contribution in [1.29, 1.82) is 0 Å². The maximum Gasteiger partial charge on any atom is 0.230 e. The van der Waals surface area contributed by atoms with Crippen molar-refractivity contribution < 1.29 is 9.59 Å². The summed E-state index contributed by atoms with van der Waals surface area (Å²) in [5, 5.41) is 3.50. The van der Waals surface area contributed by atoms with Crippen molar-refractivity contribution >= 4 is 40.9 Å². The molecule has 5 nitrogen and oxygen atoms in total. The zero-order valence-electron chi connectivity index (χ0n) is 15.6. The number of carbonyl (C=O) groups excluding carboxylic acids is 2. The van der Waals surface area contributed by atoms with Crippen molar-refractivity contribution in [1.82, 2.24) is 10.2 Å². The van der Waals surface area contributed by atoms with Crippen LogP contribution in [0.1, 0.15) is 6.42 Å². The van der Waals surface area contributed by atoms with Gasteiger partial charge in [-0.3, -0.25) is 9.59 Å². The molecule has 0 spiro atoms. The van der Waals surface area contributed by atoms with Gasteiger partial charge in [0.25, 0.3) is 0 Å². The van der Waals surface area contributed by atoms with Crippen LogP contribution in [0.5, 0.6) is 0 Å². The van der Waals surface area contributed by atoms with E-state index in [0.29, 0.717) is 36.8 Å². The molecule has 148 valence electrons. The zero-order valence-corrected chi connectivity index (χ0v) is 17.2. The van der Waals surface area contributed by atoms with Crippen molar-refractivity contribution in [2.24, 2.45) is 0 Å². The van der Waals surface area contributed by atoms with E-state index in [1.54, 1.807) is 12.1 Å². The number of rotatable bonds is 7. The van der Waals surface area contributed by atoms with Gasteiger partial charge in [-0.1, -0.05) is 29.8 Å². The van der Waals surface area contributed by atoms with Crippen LogP contribution in [0.4, 0.5) is 5.69 Å². The first kappa shape index (κ1) is 20.6. The molecule has 1 saturated heterocycles. The number of nitrogens with one attached hydrogen (secondary N) is 1. The van der Waals surface area contributed by atoms with Crippen LogP contribution in [-0.4, -0.2) is 55.2 Å². The Hall–Kier alpha value is -2.18. The summed E-state index contributed by atoms with van der Waals surface area (Å²) in [5.74, 6) is 0.353. The number of halogens is 1. The van der Waals surface area contributed by atoms with E-state index in [9.17, 15) is 9.59 Å². The maximum absolute atomic E-state index is 12.4. The molecule has 0 atom stereocenters. The summed E-state index contributed by atoms with van der Waals surface area (Å²) in [6, 6.07) is 17.6. The van der Waals surface area contributed by atoms with Crippen molar-refractivity contribution in [3.63, 3.8) is 0 Å². The third-order valence-corrected chi connectivity index (χ3v) is 5.86. The Labute approximate surface area is 175 Å². The first-order valence-electron chi connectivity index (χ1n) is 9.34. The lowest BCUT2D eigenvalue weighted by Crippen LogP contribution is -2.49. The largest absolute Gasteiger partial charge is 0.368 e. The van der Waals surface area contributed by atoms with Crippen molar-refractivity contribution in [2.45, 2.75) is 11.3 Å². The summed E-state index contributed by atoms with van der Waals surface area (Å²) in [7, 11) is 0. The van der Waals surface area contributed by atoms with Crippen LogP contribution in [0.25, 0.3) is 0 Å². The summed E-state index contributed by atoms with van der Waals surface area (Å²) < 4.78 is 0. The maximum atomic E-state index is 12.4. The number of thioether (sulfide) groups is 1. The molecule has 0 radical (unpaired) electrons. The third kappa shape index (κ3) is 6.17. The van der Waals surface area contributed by atoms with Crippen LogP contribution in [0.3, 0.4) is 0 Å². The zero-order chi connectivity index (χ0) is 19.8. The fraction of sp³-hybridized carbons (Fsp3) is 0.333. The second-order valence-corrected chi connectivity index (χ2v) is 8.03. The van der Waals surface area contributed by atoms with Crippen LogP contribution in [0, 0.1) is 0 Å². The number of hydrogen-bond acceptors (Lipinski definition) is 4. The van der Waals surface area contributed by atoms with Crippen molar-refractivity contribution in [3.05, 3.63) is 59.6 Å². The average molecular weight is 418 g/mol. The minimum Gasteiger partial charge on any atom is -0.368 e. The van der Waals surface area contributed by atoms with E-state index in [4.69, 9.17) is 11.6 Å². The van der Waals surface area contributed by atoms with Gasteiger partial charge in [-0.2, -0.15) is 0 Å². The fourth-order valence-corrected chi connectivity index (χ4v) is 3.90. The number of piperazine rings is 1. The number of nitrogens with zero attached hydrogens (tertiary/aromatic N) is 2. The smallest absolute Gasteiger partial charge is 0.230 e. The molecule has 1 aliphatic heterocycles. The minimum atomic E-state index is -0.0679. The molecule has 0 saturated carbocycles. The van der Waals surface area contributed by atoms with Gasteiger partial charge in [-0.05, 0) is 36.4 Å². The summed E-state index contributed by atoms with van der Waals surface area (Å²) in [6.45, 7) is 3.47. The number of para-hydroxylation sites is 1. The van der Waals surface area contributed by atoms with E-state index in [-0.39, 0.29) is 11.8 Å². The lowest BCUT2D eigenvalue weighted by Gasteiger charge is -2.36. The highest BCUT2D eigenvalue weighted by Gasteiger charge is 2.20. The predicted octanol–water partition coefficient (Wildman–Crippen LogP) is 3.29. The number of hydrogen-bond donors (Lipinski definition) is 1. The molecule has 2 aromatic rings. The van der Waals surface area contributed by atoms with Gasteiger partial charge in [0, 0.05) is 54.8 Å². The Bertz CT molecular complexity index is 778. The molecule has 1 N–H and O–H groups in total. The topological polar surface area (TPSA) is 52.7 Å². The summed E-state index contributed by atoms with van der Waals surface area (Å²) in [5.41, 5.74) is 1.19. The number of benzene rings is 2. The van der Waals surface area contributed by atoms with E-state index in [2.05, 4.69) is 22.3 Å². The summed E-state index contributed by atoms with van der Waals surface area (Å²) in [4.78, 5) is 29.5. The molecule has 7 heteroatoms. The molecule has 0 aromatic heterocycles. The van der Waals surface area contributed by atoms with Crippen LogP contribution in [0.2, 0.25) is 5.02 Å². The number of anilines is 1. The van der Waals surface area contributed by atoms with E-state index < -0.39 is 0 Å². The van der Waals surface area contributed by atoms with Gasteiger partial charge in [-0.15, -0.1) is 11.8 Å². The van der Waals surface area contributed by atoms with Crippen LogP contribution in [0.15, 0.2) is 59.5 Å². The van der Waals surface area contributed by atoms with Crippen molar-refractivity contribution in [2.75, 3.05) is 43.4 Å². The summed E-state index contributed by atoms with van der Waals surface area (Å²) >= 11 is 7.30. The molecule has 0 bridgehead atoms. The molecular formula is C21H24ClN3O2S. The highest BCUT2D eigenvalue weighted by atomic mass is 35.5. The van der Waals surface area contributed by atoms with Crippen LogP contribution in [-0.2, 0) is 9.59 Å². The van der Waals surface area contributed by atoms with Gasteiger partial charge < -0.3 is 15.1 Å². The lowest BCUT2D eigenvalue weighted by molar-refractivity contribution is -0.131.